The van der Waals surface area contributed by atoms with E-state index >= 15 is 0 Å². The number of aryl methyl sites for hydroxylation is 1. The van der Waals surface area contributed by atoms with E-state index in [2.05, 4.69) is 11.0 Å². The van der Waals surface area contributed by atoms with Crippen LogP contribution in [0.3, 0.4) is 0 Å². The Morgan fingerprint density at radius 2 is 2.10 bits per heavy atom. The maximum Gasteiger partial charge on any atom is 0.127 e. The molecule has 2 N–H and O–H groups in total. The fraction of sp³-hybridized carbons (Fsp3) is 0.294. The van der Waals surface area contributed by atoms with Crippen LogP contribution in [0.1, 0.15) is 22.3 Å². The van der Waals surface area contributed by atoms with Gasteiger partial charge in [-0.3, -0.25) is 4.90 Å². The van der Waals surface area contributed by atoms with E-state index in [0.717, 1.165) is 36.3 Å². The summed E-state index contributed by atoms with van der Waals surface area (Å²) in [6, 6.07) is 11.4. The molecule has 0 radical (unpaired) electrons. The maximum absolute atomic E-state index is 13.8. The molecule has 20 heavy (non-hydrogen) atoms. The molecule has 2 nitrogen and oxygen atoms in total. The minimum absolute atomic E-state index is 0.123. The quantitative estimate of drug-likeness (QED) is 0.849. The van der Waals surface area contributed by atoms with E-state index in [1.165, 1.54) is 11.1 Å². The van der Waals surface area contributed by atoms with Gasteiger partial charge in [0.1, 0.15) is 5.82 Å². The molecule has 0 unspecified atom stereocenters. The molecular formula is C17H19FN2. The number of halogens is 1. The van der Waals surface area contributed by atoms with Crippen LogP contribution in [0.5, 0.6) is 0 Å². The number of anilines is 1. The van der Waals surface area contributed by atoms with Crippen molar-refractivity contribution < 1.29 is 4.39 Å². The summed E-state index contributed by atoms with van der Waals surface area (Å²) in [5, 5.41) is 0. The third-order valence-electron chi connectivity index (χ3n) is 3.98. The van der Waals surface area contributed by atoms with Crippen molar-refractivity contribution in [3.8, 4) is 0 Å². The minimum Gasteiger partial charge on any atom is -0.398 e. The van der Waals surface area contributed by atoms with Crippen LogP contribution in [0, 0.1) is 12.7 Å². The van der Waals surface area contributed by atoms with Crippen LogP contribution in [0.15, 0.2) is 36.4 Å². The molecule has 2 aromatic carbocycles. The van der Waals surface area contributed by atoms with E-state index in [9.17, 15) is 4.39 Å². The zero-order chi connectivity index (χ0) is 14.1. The van der Waals surface area contributed by atoms with Gasteiger partial charge in [-0.25, -0.2) is 4.39 Å². The first-order valence-corrected chi connectivity index (χ1v) is 6.97. The van der Waals surface area contributed by atoms with Gasteiger partial charge in [0.15, 0.2) is 0 Å². The van der Waals surface area contributed by atoms with Gasteiger partial charge in [-0.05, 0) is 36.6 Å². The van der Waals surface area contributed by atoms with Crippen LogP contribution < -0.4 is 5.73 Å². The molecule has 0 aliphatic carbocycles. The SMILES string of the molecule is Cc1ccc(F)c(CN2CCc3cccc(N)c3C2)c1. The molecule has 1 aliphatic rings. The van der Waals surface area contributed by atoms with Crippen LogP contribution >= 0.6 is 0 Å². The Morgan fingerprint density at radius 3 is 2.95 bits per heavy atom. The van der Waals surface area contributed by atoms with E-state index in [-0.39, 0.29) is 5.82 Å². The Hall–Kier alpha value is -1.87. The number of hydrogen-bond acceptors (Lipinski definition) is 2. The number of nitrogen functional groups attached to an aromatic ring is 1. The Morgan fingerprint density at radius 1 is 1.25 bits per heavy atom. The van der Waals surface area contributed by atoms with Crippen LogP contribution in [0.25, 0.3) is 0 Å². The van der Waals surface area contributed by atoms with Crippen molar-refractivity contribution in [1.82, 2.24) is 4.90 Å². The topological polar surface area (TPSA) is 29.3 Å². The Bertz CT molecular complexity index is 637. The number of hydrogen-bond donors (Lipinski definition) is 1. The lowest BCUT2D eigenvalue weighted by Crippen LogP contribution is -2.31. The smallest absolute Gasteiger partial charge is 0.127 e. The van der Waals surface area contributed by atoms with Crippen LogP contribution in [-0.2, 0) is 19.5 Å². The predicted octanol–water partition coefficient (Wildman–Crippen LogP) is 3.27. The van der Waals surface area contributed by atoms with E-state index in [1.54, 1.807) is 6.07 Å². The number of rotatable bonds is 2. The summed E-state index contributed by atoms with van der Waals surface area (Å²) >= 11 is 0. The highest BCUT2D eigenvalue weighted by Gasteiger charge is 2.19. The highest BCUT2D eigenvalue weighted by atomic mass is 19.1. The van der Waals surface area contributed by atoms with Crippen molar-refractivity contribution in [2.24, 2.45) is 0 Å². The summed E-state index contributed by atoms with van der Waals surface area (Å²) in [6.07, 6.45) is 0.980. The minimum atomic E-state index is -0.123. The fourth-order valence-corrected chi connectivity index (χ4v) is 2.86. The van der Waals surface area contributed by atoms with Crippen molar-refractivity contribution in [2.75, 3.05) is 12.3 Å². The van der Waals surface area contributed by atoms with Gasteiger partial charge >= 0.3 is 0 Å². The zero-order valence-electron chi connectivity index (χ0n) is 11.7. The van der Waals surface area contributed by atoms with E-state index in [4.69, 9.17) is 5.73 Å². The van der Waals surface area contributed by atoms with E-state index in [1.807, 2.05) is 31.2 Å². The number of benzene rings is 2. The molecule has 0 spiro atoms. The van der Waals surface area contributed by atoms with Crippen molar-refractivity contribution in [1.29, 1.82) is 0 Å². The highest BCUT2D eigenvalue weighted by Crippen LogP contribution is 2.25. The van der Waals surface area contributed by atoms with Crippen LogP contribution in [0.2, 0.25) is 0 Å². The summed E-state index contributed by atoms with van der Waals surface area (Å²) < 4.78 is 13.8. The Labute approximate surface area is 119 Å². The second kappa shape index (κ2) is 5.25. The lowest BCUT2D eigenvalue weighted by atomic mass is 9.97. The van der Waals surface area contributed by atoms with Gasteiger partial charge in [-0.1, -0.05) is 29.8 Å². The Kier molecular flexibility index (Phi) is 3.45. The van der Waals surface area contributed by atoms with Crippen molar-refractivity contribution >= 4 is 5.69 Å². The molecule has 3 rings (SSSR count). The molecule has 0 aromatic heterocycles. The van der Waals surface area contributed by atoms with Gasteiger partial charge in [0.2, 0.25) is 0 Å². The van der Waals surface area contributed by atoms with Gasteiger partial charge in [0, 0.05) is 30.9 Å². The molecule has 2 aromatic rings. The standard InChI is InChI=1S/C17H19FN2/c1-12-5-6-16(18)14(9-12)10-20-8-7-13-3-2-4-17(19)15(13)11-20/h2-6,9H,7-8,10-11,19H2,1H3. The average Bonchev–Trinajstić information content (AvgIpc) is 2.44. The summed E-state index contributed by atoms with van der Waals surface area (Å²) in [5.41, 5.74) is 11.3. The third-order valence-corrected chi connectivity index (χ3v) is 3.98. The Balaban J connectivity index is 1.81. The molecule has 104 valence electrons. The van der Waals surface area contributed by atoms with Gasteiger partial charge < -0.3 is 5.73 Å². The lowest BCUT2D eigenvalue weighted by molar-refractivity contribution is 0.243. The summed E-state index contributed by atoms with van der Waals surface area (Å²) in [6.45, 7) is 4.38. The van der Waals surface area contributed by atoms with Gasteiger partial charge in [-0.2, -0.15) is 0 Å². The van der Waals surface area contributed by atoms with Crippen molar-refractivity contribution in [3.05, 3.63) is 64.5 Å². The first kappa shape index (κ1) is 13.1. The first-order valence-electron chi connectivity index (χ1n) is 6.97. The van der Waals surface area contributed by atoms with Crippen LogP contribution in [0.4, 0.5) is 10.1 Å². The summed E-state index contributed by atoms with van der Waals surface area (Å²) in [5.74, 6) is -0.123. The molecule has 3 heteroatoms. The van der Waals surface area contributed by atoms with Gasteiger partial charge in [0.25, 0.3) is 0 Å². The van der Waals surface area contributed by atoms with E-state index in [0.29, 0.717) is 6.54 Å². The fourth-order valence-electron chi connectivity index (χ4n) is 2.86. The van der Waals surface area contributed by atoms with Crippen molar-refractivity contribution in [3.63, 3.8) is 0 Å². The van der Waals surface area contributed by atoms with Crippen LogP contribution in [-0.4, -0.2) is 11.4 Å². The molecule has 0 atom stereocenters. The zero-order valence-corrected chi connectivity index (χ0v) is 11.7. The van der Waals surface area contributed by atoms with Gasteiger partial charge in [-0.15, -0.1) is 0 Å². The maximum atomic E-state index is 13.8. The second-order valence-electron chi connectivity index (χ2n) is 5.54. The molecular weight excluding hydrogens is 251 g/mol. The van der Waals surface area contributed by atoms with E-state index < -0.39 is 0 Å². The number of nitrogens with two attached hydrogens (primary N) is 1. The molecule has 0 amide bonds. The number of nitrogens with zero attached hydrogens (tertiary/aromatic N) is 1. The highest BCUT2D eigenvalue weighted by molar-refractivity contribution is 5.51. The molecule has 1 heterocycles. The first-order chi connectivity index (χ1) is 9.63. The largest absolute Gasteiger partial charge is 0.398 e. The molecule has 0 saturated carbocycles. The van der Waals surface area contributed by atoms with Crippen molar-refractivity contribution in [2.45, 2.75) is 26.4 Å². The molecule has 0 bridgehead atoms. The monoisotopic (exact) mass is 270 g/mol. The predicted molar refractivity (Wildman–Crippen MR) is 79.8 cm³/mol. The molecule has 0 saturated heterocycles. The molecule has 1 aliphatic heterocycles. The van der Waals surface area contributed by atoms with Gasteiger partial charge in [0.05, 0.1) is 0 Å². The normalized spacial score (nSPS) is 15.1. The lowest BCUT2D eigenvalue weighted by Gasteiger charge is -2.29. The summed E-state index contributed by atoms with van der Waals surface area (Å²) in [7, 11) is 0. The third kappa shape index (κ3) is 2.54. The number of fused-ring (bicyclic) bond motifs is 1. The molecule has 0 fully saturated rings. The summed E-state index contributed by atoms with van der Waals surface area (Å²) in [4.78, 5) is 2.26. The average molecular weight is 270 g/mol. The second-order valence-corrected chi connectivity index (χ2v) is 5.54.